The van der Waals surface area contributed by atoms with Gasteiger partial charge in [0.1, 0.15) is 29.2 Å². The Morgan fingerprint density at radius 1 is 1.29 bits per heavy atom. The first kappa shape index (κ1) is 20.6. The van der Waals surface area contributed by atoms with Crippen molar-refractivity contribution in [1.29, 1.82) is 0 Å². The number of aliphatic hydroxyl groups excluding tert-OH is 1. The first-order valence-electron chi connectivity index (χ1n) is 10.1. The normalized spacial score (nSPS) is 16.0. The molecule has 0 saturated heterocycles. The molecule has 1 aliphatic heterocycles. The third-order valence-electron chi connectivity index (χ3n) is 5.16. The summed E-state index contributed by atoms with van der Waals surface area (Å²) in [5.74, 6) is 1.87. The van der Waals surface area contributed by atoms with E-state index < -0.39 is 6.23 Å². The number of hydrogen-bond acceptors (Lipinski definition) is 6. The molecule has 160 valence electrons. The first-order chi connectivity index (χ1) is 15.1. The van der Waals surface area contributed by atoms with Gasteiger partial charge in [-0.05, 0) is 48.9 Å². The highest BCUT2D eigenvalue weighted by Gasteiger charge is 2.29. The molecule has 4 rings (SSSR count). The fourth-order valence-electron chi connectivity index (χ4n) is 3.65. The van der Waals surface area contributed by atoms with Crippen LogP contribution >= 0.6 is 0 Å². The SMILES string of the molecule is C=CC(=O)NCC1CCNc2c(C(N)O)c(-c3ccc(Oc4ccccc4)cc3)nn21. The zero-order valence-electron chi connectivity index (χ0n) is 17.0. The minimum atomic E-state index is -1.20. The van der Waals surface area contributed by atoms with Gasteiger partial charge in [0.15, 0.2) is 0 Å². The lowest BCUT2D eigenvalue weighted by atomic mass is 10.1. The predicted octanol–water partition coefficient (Wildman–Crippen LogP) is 2.95. The van der Waals surface area contributed by atoms with Crippen LogP contribution in [0.25, 0.3) is 11.3 Å². The molecule has 2 unspecified atom stereocenters. The molecular formula is C23H25N5O3. The summed E-state index contributed by atoms with van der Waals surface area (Å²) in [6, 6.07) is 16.9. The van der Waals surface area contributed by atoms with Gasteiger partial charge < -0.3 is 26.2 Å². The van der Waals surface area contributed by atoms with Gasteiger partial charge in [-0.2, -0.15) is 5.10 Å². The summed E-state index contributed by atoms with van der Waals surface area (Å²) in [5, 5.41) is 21.1. The van der Waals surface area contributed by atoms with Gasteiger partial charge in [-0.3, -0.25) is 4.79 Å². The molecule has 0 radical (unpaired) electrons. The van der Waals surface area contributed by atoms with Crippen LogP contribution in [0.2, 0.25) is 0 Å². The van der Waals surface area contributed by atoms with Crippen LogP contribution in [0.1, 0.15) is 24.3 Å². The van der Waals surface area contributed by atoms with Gasteiger partial charge in [0.2, 0.25) is 5.91 Å². The molecule has 2 aromatic carbocycles. The molecule has 31 heavy (non-hydrogen) atoms. The molecule has 8 heteroatoms. The molecule has 0 saturated carbocycles. The average molecular weight is 419 g/mol. The Labute approximate surface area is 180 Å². The van der Waals surface area contributed by atoms with Gasteiger partial charge in [-0.1, -0.05) is 24.8 Å². The molecule has 0 spiro atoms. The van der Waals surface area contributed by atoms with Crippen molar-refractivity contribution in [3.63, 3.8) is 0 Å². The van der Waals surface area contributed by atoms with Crippen LogP contribution in [0, 0.1) is 0 Å². The number of carbonyl (C=O) groups is 1. The van der Waals surface area contributed by atoms with Gasteiger partial charge in [-0.25, -0.2) is 4.68 Å². The lowest BCUT2D eigenvalue weighted by Crippen LogP contribution is -2.34. The molecule has 8 nitrogen and oxygen atoms in total. The highest BCUT2D eigenvalue weighted by atomic mass is 16.5. The molecule has 0 fully saturated rings. The minimum Gasteiger partial charge on any atom is -0.457 e. The van der Waals surface area contributed by atoms with Crippen LogP contribution in [0.5, 0.6) is 11.5 Å². The number of aromatic nitrogens is 2. The summed E-state index contributed by atoms with van der Waals surface area (Å²) >= 11 is 0. The topological polar surface area (TPSA) is 114 Å². The number of benzene rings is 2. The second-order valence-electron chi connectivity index (χ2n) is 7.26. The average Bonchev–Trinajstić information content (AvgIpc) is 3.19. The van der Waals surface area contributed by atoms with Crippen LogP contribution in [-0.2, 0) is 4.79 Å². The number of nitrogens with zero attached hydrogens (tertiary/aromatic N) is 2. The number of anilines is 1. The van der Waals surface area contributed by atoms with Gasteiger partial charge >= 0.3 is 0 Å². The van der Waals surface area contributed by atoms with Crippen LogP contribution in [0.3, 0.4) is 0 Å². The highest BCUT2D eigenvalue weighted by molar-refractivity contribution is 5.86. The maximum Gasteiger partial charge on any atom is 0.243 e. The Bertz CT molecular complexity index is 1060. The van der Waals surface area contributed by atoms with E-state index in [9.17, 15) is 9.90 Å². The molecule has 0 aliphatic carbocycles. The summed E-state index contributed by atoms with van der Waals surface area (Å²) in [7, 11) is 0. The number of fused-ring (bicyclic) bond motifs is 1. The minimum absolute atomic E-state index is 0.0629. The third kappa shape index (κ3) is 4.45. The lowest BCUT2D eigenvalue weighted by molar-refractivity contribution is -0.116. The number of carbonyl (C=O) groups excluding carboxylic acids is 1. The van der Waals surface area contributed by atoms with Crippen molar-refractivity contribution in [3.8, 4) is 22.8 Å². The van der Waals surface area contributed by atoms with E-state index >= 15 is 0 Å². The number of rotatable bonds is 7. The Hall–Kier alpha value is -3.62. The number of ether oxygens (including phenoxy) is 1. The van der Waals surface area contributed by atoms with E-state index in [0.29, 0.717) is 35.9 Å². The van der Waals surface area contributed by atoms with E-state index in [4.69, 9.17) is 15.6 Å². The fraction of sp³-hybridized carbons (Fsp3) is 0.217. The molecule has 5 N–H and O–H groups in total. The van der Waals surface area contributed by atoms with E-state index in [-0.39, 0.29) is 11.9 Å². The van der Waals surface area contributed by atoms with Crippen LogP contribution < -0.4 is 21.1 Å². The van der Waals surface area contributed by atoms with Crippen molar-refractivity contribution < 1.29 is 14.6 Å². The Balaban J connectivity index is 1.63. The Morgan fingerprint density at radius 3 is 2.68 bits per heavy atom. The molecule has 2 atom stereocenters. The molecule has 0 bridgehead atoms. The molecule has 1 aromatic heterocycles. The van der Waals surface area contributed by atoms with Crippen molar-refractivity contribution in [1.82, 2.24) is 15.1 Å². The van der Waals surface area contributed by atoms with Crippen LogP contribution in [0.15, 0.2) is 67.3 Å². The number of hydrogen-bond donors (Lipinski definition) is 4. The number of aliphatic hydroxyl groups is 1. The quantitative estimate of drug-likeness (QED) is 0.346. The van der Waals surface area contributed by atoms with Crippen molar-refractivity contribution in [2.45, 2.75) is 18.7 Å². The van der Waals surface area contributed by atoms with Crippen LogP contribution in [-0.4, -0.2) is 33.9 Å². The Kier molecular flexibility index (Phi) is 6.01. The second kappa shape index (κ2) is 9.03. The van der Waals surface area contributed by atoms with Gasteiger partial charge in [0.05, 0.1) is 11.6 Å². The lowest BCUT2D eigenvalue weighted by Gasteiger charge is -2.26. The van der Waals surface area contributed by atoms with Gasteiger partial charge in [0.25, 0.3) is 0 Å². The van der Waals surface area contributed by atoms with Crippen molar-refractivity contribution in [2.24, 2.45) is 5.73 Å². The maximum atomic E-state index is 11.6. The molecule has 3 aromatic rings. The third-order valence-corrected chi connectivity index (χ3v) is 5.16. The monoisotopic (exact) mass is 419 g/mol. The summed E-state index contributed by atoms with van der Waals surface area (Å²) < 4.78 is 7.64. The highest BCUT2D eigenvalue weighted by Crippen LogP contribution is 2.37. The van der Waals surface area contributed by atoms with E-state index in [1.165, 1.54) is 6.08 Å². The summed E-state index contributed by atoms with van der Waals surface area (Å²) in [4.78, 5) is 11.6. The van der Waals surface area contributed by atoms with Crippen molar-refractivity contribution in [3.05, 3.63) is 72.8 Å². The number of para-hydroxylation sites is 1. The summed E-state index contributed by atoms with van der Waals surface area (Å²) in [6.45, 7) is 4.57. The second-order valence-corrected chi connectivity index (χ2v) is 7.26. The molecule has 2 heterocycles. The van der Waals surface area contributed by atoms with E-state index in [0.717, 1.165) is 17.7 Å². The predicted molar refractivity (Wildman–Crippen MR) is 119 cm³/mol. The molecular weight excluding hydrogens is 394 g/mol. The maximum absolute atomic E-state index is 11.6. The number of amides is 1. The Morgan fingerprint density at radius 2 is 2.00 bits per heavy atom. The van der Waals surface area contributed by atoms with E-state index in [2.05, 4.69) is 17.2 Å². The first-order valence-corrected chi connectivity index (χ1v) is 10.1. The van der Waals surface area contributed by atoms with Crippen molar-refractivity contribution >= 4 is 11.7 Å². The van der Waals surface area contributed by atoms with Crippen molar-refractivity contribution in [2.75, 3.05) is 18.4 Å². The summed E-state index contributed by atoms with van der Waals surface area (Å²) in [5.41, 5.74) is 7.81. The standard InChI is InChI=1S/C23H25N5O3/c1-2-19(29)26-14-16-12-13-25-23-20(22(24)30)21(27-28(16)23)15-8-10-18(11-9-15)31-17-6-4-3-5-7-17/h2-11,16,22,25,30H,1,12-14,24H2,(H,26,29). The van der Waals surface area contributed by atoms with Gasteiger partial charge in [0, 0.05) is 18.7 Å². The summed E-state index contributed by atoms with van der Waals surface area (Å²) in [6.07, 6.45) is 0.813. The van der Waals surface area contributed by atoms with Gasteiger partial charge in [-0.15, -0.1) is 0 Å². The number of nitrogens with two attached hydrogens (primary N) is 1. The zero-order valence-corrected chi connectivity index (χ0v) is 17.0. The fourth-order valence-corrected chi connectivity index (χ4v) is 3.65. The van der Waals surface area contributed by atoms with E-state index in [1.807, 2.05) is 54.6 Å². The molecule has 1 aliphatic rings. The zero-order chi connectivity index (χ0) is 21.8. The molecule has 1 amide bonds. The largest absolute Gasteiger partial charge is 0.457 e. The van der Waals surface area contributed by atoms with E-state index in [1.54, 1.807) is 4.68 Å². The van der Waals surface area contributed by atoms with Crippen LogP contribution in [0.4, 0.5) is 5.82 Å². The smallest absolute Gasteiger partial charge is 0.243 e. The number of nitrogens with one attached hydrogen (secondary N) is 2.